The van der Waals surface area contributed by atoms with E-state index in [1.165, 1.54) is 5.56 Å². The zero-order valence-corrected chi connectivity index (χ0v) is 10.7. The Labute approximate surface area is 113 Å². The van der Waals surface area contributed by atoms with Gasteiger partial charge in [-0.2, -0.15) is 0 Å². The van der Waals surface area contributed by atoms with Crippen molar-refractivity contribution in [3.05, 3.63) is 65.7 Å². The second-order valence-corrected chi connectivity index (χ2v) is 4.41. The summed E-state index contributed by atoms with van der Waals surface area (Å²) in [6.07, 6.45) is 0.878. The van der Waals surface area contributed by atoms with E-state index in [0.717, 1.165) is 12.0 Å². The van der Waals surface area contributed by atoms with Crippen molar-refractivity contribution in [2.45, 2.75) is 13.0 Å². The molecule has 0 aliphatic rings. The van der Waals surface area contributed by atoms with Gasteiger partial charge in [0.15, 0.2) is 0 Å². The average molecular weight is 256 g/mol. The van der Waals surface area contributed by atoms with Crippen LogP contribution in [0.3, 0.4) is 0 Å². The maximum atomic E-state index is 9.08. The molecular weight excluding hydrogens is 239 g/mol. The Kier molecular flexibility index (Phi) is 5.15. The maximum absolute atomic E-state index is 9.08. The lowest BCUT2D eigenvalue weighted by molar-refractivity contribution is 0.124. The van der Waals surface area contributed by atoms with Crippen LogP contribution in [0.2, 0.25) is 0 Å². The molecule has 0 aliphatic heterocycles. The second kappa shape index (κ2) is 7.09. The molecule has 4 heteroatoms. The van der Waals surface area contributed by atoms with Crippen molar-refractivity contribution in [1.29, 1.82) is 0 Å². The van der Waals surface area contributed by atoms with E-state index in [4.69, 9.17) is 14.8 Å². The zero-order chi connectivity index (χ0) is 13.5. The van der Waals surface area contributed by atoms with Gasteiger partial charge >= 0.3 is 7.12 Å². The van der Waals surface area contributed by atoms with Crippen molar-refractivity contribution < 1.29 is 14.8 Å². The number of hydrogen-bond acceptors (Lipinski definition) is 3. The molecule has 0 bridgehead atoms. The van der Waals surface area contributed by atoms with Crippen LogP contribution >= 0.6 is 0 Å². The van der Waals surface area contributed by atoms with Crippen molar-refractivity contribution >= 4 is 12.6 Å². The Balaban J connectivity index is 1.78. The topological polar surface area (TPSA) is 49.7 Å². The third kappa shape index (κ3) is 4.52. The molecule has 0 spiro atoms. The van der Waals surface area contributed by atoms with Crippen molar-refractivity contribution in [2.75, 3.05) is 6.61 Å². The zero-order valence-electron chi connectivity index (χ0n) is 10.7. The highest BCUT2D eigenvalue weighted by atomic mass is 16.5. The van der Waals surface area contributed by atoms with E-state index in [1.54, 1.807) is 18.2 Å². The minimum Gasteiger partial charge on any atom is -0.423 e. The Morgan fingerprint density at radius 2 is 1.63 bits per heavy atom. The normalized spacial score (nSPS) is 10.4. The summed E-state index contributed by atoms with van der Waals surface area (Å²) in [5.74, 6) is 0. The minimum absolute atomic E-state index is 0.480. The van der Waals surface area contributed by atoms with E-state index in [-0.39, 0.29) is 0 Å². The van der Waals surface area contributed by atoms with Crippen molar-refractivity contribution in [1.82, 2.24) is 0 Å². The van der Waals surface area contributed by atoms with E-state index < -0.39 is 7.12 Å². The second-order valence-electron chi connectivity index (χ2n) is 4.41. The third-order valence-corrected chi connectivity index (χ3v) is 2.90. The Morgan fingerprint density at radius 3 is 2.37 bits per heavy atom. The molecule has 0 aliphatic carbocycles. The standard InChI is InChI=1S/C15H17BO3/c17-16(18)15-8-4-7-14(11-15)12-19-10-9-13-5-2-1-3-6-13/h1-8,11,17-18H,9-10,12H2. The van der Waals surface area contributed by atoms with Gasteiger partial charge in [0.1, 0.15) is 0 Å². The quantitative estimate of drug-likeness (QED) is 0.601. The van der Waals surface area contributed by atoms with Crippen LogP contribution in [0.25, 0.3) is 0 Å². The van der Waals surface area contributed by atoms with Crippen LogP contribution in [0.15, 0.2) is 54.6 Å². The van der Waals surface area contributed by atoms with Gasteiger partial charge in [0, 0.05) is 0 Å². The van der Waals surface area contributed by atoms with Gasteiger partial charge in [-0.05, 0) is 23.0 Å². The fourth-order valence-electron chi connectivity index (χ4n) is 1.87. The maximum Gasteiger partial charge on any atom is 0.488 e. The molecule has 2 N–H and O–H groups in total. The molecule has 3 nitrogen and oxygen atoms in total. The van der Waals surface area contributed by atoms with Gasteiger partial charge in [-0.3, -0.25) is 0 Å². The molecule has 0 radical (unpaired) electrons. The fourth-order valence-corrected chi connectivity index (χ4v) is 1.87. The highest BCUT2D eigenvalue weighted by Gasteiger charge is 2.10. The molecule has 0 fully saturated rings. The Morgan fingerprint density at radius 1 is 0.895 bits per heavy atom. The van der Waals surface area contributed by atoms with Gasteiger partial charge in [0.25, 0.3) is 0 Å². The van der Waals surface area contributed by atoms with Gasteiger partial charge < -0.3 is 14.8 Å². The number of benzene rings is 2. The van der Waals surface area contributed by atoms with Crippen LogP contribution in [-0.2, 0) is 17.8 Å². The molecule has 2 aromatic rings. The molecule has 19 heavy (non-hydrogen) atoms. The molecule has 2 rings (SSSR count). The van der Waals surface area contributed by atoms with E-state index in [0.29, 0.717) is 18.7 Å². The third-order valence-electron chi connectivity index (χ3n) is 2.90. The first kappa shape index (κ1) is 13.8. The lowest BCUT2D eigenvalue weighted by Gasteiger charge is -2.06. The molecule has 2 aromatic carbocycles. The van der Waals surface area contributed by atoms with Gasteiger partial charge in [0.2, 0.25) is 0 Å². The summed E-state index contributed by atoms with van der Waals surface area (Å²) in [6.45, 7) is 1.13. The van der Waals surface area contributed by atoms with Crippen LogP contribution in [0.1, 0.15) is 11.1 Å². The van der Waals surface area contributed by atoms with Gasteiger partial charge in [0.05, 0.1) is 13.2 Å². The monoisotopic (exact) mass is 256 g/mol. The van der Waals surface area contributed by atoms with Crippen molar-refractivity contribution in [3.63, 3.8) is 0 Å². The number of hydrogen-bond donors (Lipinski definition) is 2. The summed E-state index contributed by atoms with van der Waals surface area (Å²) in [6, 6.07) is 17.3. The number of ether oxygens (including phenoxy) is 1. The fraction of sp³-hybridized carbons (Fsp3) is 0.200. The first-order valence-electron chi connectivity index (χ1n) is 6.32. The van der Waals surface area contributed by atoms with E-state index >= 15 is 0 Å². The molecule has 98 valence electrons. The summed E-state index contributed by atoms with van der Waals surface area (Å²) in [5, 5.41) is 18.2. The van der Waals surface area contributed by atoms with Crippen LogP contribution in [0.4, 0.5) is 0 Å². The van der Waals surface area contributed by atoms with Crippen molar-refractivity contribution in [3.8, 4) is 0 Å². The highest BCUT2D eigenvalue weighted by molar-refractivity contribution is 6.58. The average Bonchev–Trinajstić information content (AvgIpc) is 2.45. The lowest BCUT2D eigenvalue weighted by atomic mass is 9.80. The molecule has 0 saturated carbocycles. The van der Waals surface area contributed by atoms with E-state index in [2.05, 4.69) is 12.1 Å². The summed E-state index contributed by atoms with van der Waals surface area (Å²) < 4.78 is 5.60. The SMILES string of the molecule is OB(O)c1cccc(COCCc2ccccc2)c1. The summed E-state index contributed by atoms with van der Waals surface area (Å²) in [5.41, 5.74) is 2.69. The summed E-state index contributed by atoms with van der Waals surface area (Å²) in [7, 11) is -1.43. The molecule has 0 heterocycles. The molecule has 0 saturated heterocycles. The minimum atomic E-state index is -1.43. The van der Waals surface area contributed by atoms with Gasteiger partial charge in [-0.1, -0.05) is 54.6 Å². The van der Waals surface area contributed by atoms with E-state index in [1.807, 2.05) is 24.3 Å². The molecule has 0 atom stereocenters. The van der Waals surface area contributed by atoms with Crippen LogP contribution < -0.4 is 5.46 Å². The van der Waals surface area contributed by atoms with E-state index in [9.17, 15) is 0 Å². The van der Waals surface area contributed by atoms with Gasteiger partial charge in [-0.25, -0.2) is 0 Å². The molecule has 0 aromatic heterocycles. The Bertz CT molecular complexity index is 500. The first-order chi connectivity index (χ1) is 9.25. The predicted octanol–water partition coefficient (Wildman–Crippen LogP) is 1.13. The van der Waals surface area contributed by atoms with Crippen LogP contribution in [0, 0.1) is 0 Å². The first-order valence-corrected chi connectivity index (χ1v) is 6.32. The Hall–Kier alpha value is -1.62. The summed E-state index contributed by atoms with van der Waals surface area (Å²) in [4.78, 5) is 0. The van der Waals surface area contributed by atoms with Crippen LogP contribution in [0.5, 0.6) is 0 Å². The van der Waals surface area contributed by atoms with Crippen LogP contribution in [-0.4, -0.2) is 23.8 Å². The number of rotatable bonds is 6. The molecular formula is C15H17BO3. The highest BCUT2D eigenvalue weighted by Crippen LogP contribution is 2.03. The largest absolute Gasteiger partial charge is 0.488 e. The molecule has 0 unspecified atom stereocenters. The van der Waals surface area contributed by atoms with Crippen molar-refractivity contribution in [2.24, 2.45) is 0 Å². The predicted molar refractivity (Wildman–Crippen MR) is 76.1 cm³/mol. The molecule has 0 amide bonds. The summed E-state index contributed by atoms with van der Waals surface area (Å²) >= 11 is 0. The van der Waals surface area contributed by atoms with Gasteiger partial charge in [-0.15, -0.1) is 0 Å². The lowest BCUT2D eigenvalue weighted by Crippen LogP contribution is -2.29. The smallest absolute Gasteiger partial charge is 0.423 e.